The molecule has 0 spiro atoms. The first-order valence-corrected chi connectivity index (χ1v) is 14.9. The molecule has 3 aromatic carbocycles. The summed E-state index contributed by atoms with van der Waals surface area (Å²) in [5, 5.41) is 10.7. The number of rotatable bonds is 5. The molecule has 1 amide bonds. The Labute approximate surface area is 253 Å². The van der Waals surface area contributed by atoms with Gasteiger partial charge in [-0.2, -0.15) is 0 Å². The summed E-state index contributed by atoms with van der Waals surface area (Å²) in [6.07, 6.45) is 6.27. The van der Waals surface area contributed by atoms with E-state index >= 15 is 0 Å². The molecule has 3 N–H and O–H groups in total. The molecule has 209 valence electrons. The summed E-state index contributed by atoms with van der Waals surface area (Å²) in [4.78, 5) is 24.0. The number of aromatic nitrogens is 2. The molecule has 3 heterocycles. The number of piperidine rings is 1. The molecule has 6 rings (SSSR count). The average molecular weight is 606 g/mol. The number of amides is 1. The zero-order valence-electron chi connectivity index (χ0n) is 22.5. The van der Waals surface area contributed by atoms with Crippen molar-refractivity contribution in [3.05, 3.63) is 101 Å². The third-order valence-electron chi connectivity index (χ3n) is 7.54. The van der Waals surface area contributed by atoms with Crippen LogP contribution in [0.25, 0.3) is 0 Å². The number of anilines is 5. The number of nitrogens with one attached hydrogen (secondary N) is 3. The Morgan fingerprint density at radius 2 is 1.88 bits per heavy atom. The van der Waals surface area contributed by atoms with Crippen molar-refractivity contribution >= 4 is 50.9 Å². The first-order valence-electron chi connectivity index (χ1n) is 13.9. The number of carbonyl (C=O) groups is 1. The molecule has 9 heteroatoms. The van der Waals surface area contributed by atoms with Crippen LogP contribution in [0.5, 0.6) is 0 Å². The average Bonchev–Trinajstić information content (AvgIpc) is 2.99. The Balaban J connectivity index is 1.18. The van der Waals surface area contributed by atoms with Gasteiger partial charge in [0.05, 0.1) is 0 Å². The first kappa shape index (κ1) is 27.5. The van der Waals surface area contributed by atoms with E-state index in [1.165, 1.54) is 11.1 Å². The molecule has 41 heavy (non-hydrogen) atoms. The van der Waals surface area contributed by atoms with Crippen LogP contribution in [-0.4, -0.2) is 38.4 Å². The van der Waals surface area contributed by atoms with Crippen molar-refractivity contribution in [2.24, 2.45) is 5.92 Å². The molecule has 1 saturated heterocycles. The predicted octanol–water partition coefficient (Wildman–Crippen LogP) is 6.75. The Hall–Kier alpha value is -3.71. The number of hydrogen-bond acceptors (Lipinski definition) is 6. The Kier molecular flexibility index (Phi) is 8.33. The van der Waals surface area contributed by atoms with Crippen LogP contribution in [-0.2, 0) is 28.4 Å². The van der Waals surface area contributed by atoms with Crippen LogP contribution >= 0.6 is 11.6 Å². The molecule has 1 atom stereocenters. The van der Waals surface area contributed by atoms with Crippen LogP contribution in [0, 0.1) is 5.92 Å². The molecule has 2 aliphatic rings. The van der Waals surface area contributed by atoms with Gasteiger partial charge in [-0.25, -0.2) is 0 Å². The molecule has 0 saturated carbocycles. The zero-order chi connectivity index (χ0) is 28.2. The molecular weight excluding hydrogens is 575 g/mol. The van der Waals surface area contributed by atoms with Gasteiger partial charge in [-0.3, -0.25) is 0 Å². The van der Waals surface area contributed by atoms with Gasteiger partial charge in [-0.05, 0) is 0 Å². The van der Waals surface area contributed by atoms with E-state index in [1.807, 2.05) is 53.4 Å². The van der Waals surface area contributed by atoms with E-state index < -0.39 is 0 Å². The Morgan fingerprint density at radius 3 is 2.76 bits per heavy atom. The molecule has 4 aromatic rings. The van der Waals surface area contributed by atoms with Gasteiger partial charge in [0.25, 0.3) is 0 Å². The third kappa shape index (κ3) is 6.79. The van der Waals surface area contributed by atoms with Crippen LogP contribution in [0.3, 0.4) is 0 Å². The van der Waals surface area contributed by atoms with Gasteiger partial charge in [-0.1, -0.05) is 0 Å². The van der Waals surface area contributed by atoms with Gasteiger partial charge in [0.1, 0.15) is 0 Å². The van der Waals surface area contributed by atoms with Crippen molar-refractivity contribution in [3.63, 3.8) is 0 Å². The summed E-state index contributed by atoms with van der Waals surface area (Å²) < 4.78 is 1.02. The number of aryl methyl sites for hydroxylation is 2. The fourth-order valence-corrected chi connectivity index (χ4v) is 6.13. The van der Waals surface area contributed by atoms with Crippen molar-refractivity contribution in [2.75, 3.05) is 29.0 Å². The number of halogens is 1. The van der Waals surface area contributed by atoms with E-state index in [0.717, 1.165) is 72.4 Å². The number of carbonyl (C=O) groups excluding carboxylic acids is 1. The fourth-order valence-electron chi connectivity index (χ4n) is 5.49. The van der Waals surface area contributed by atoms with Gasteiger partial charge in [0, 0.05) is 0 Å². The second-order valence-electron chi connectivity index (χ2n) is 10.6. The predicted molar refractivity (Wildman–Crippen MR) is 162 cm³/mol. The molecule has 0 radical (unpaired) electrons. The van der Waals surface area contributed by atoms with Crippen LogP contribution in [0.4, 0.5) is 28.8 Å². The molecule has 2 aliphatic heterocycles. The minimum absolute atomic E-state index is 0.115. The van der Waals surface area contributed by atoms with E-state index in [2.05, 4.69) is 65.8 Å². The molecular formula is C32H31ClMnN6O. The maximum atomic E-state index is 13.0. The van der Waals surface area contributed by atoms with E-state index in [-0.39, 0.29) is 5.91 Å². The van der Waals surface area contributed by atoms with Gasteiger partial charge in [0.2, 0.25) is 0 Å². The molecule has 1 aromatic heterocycles. The van der Waals surface area contributed by atoms with Gasteiger partial charge >= 0.3 is 254 Å². The quantitative estimate of drug-likeness (QED) is 0.219. The molecule has 7 nitrogen and oxygen atoms in total. The van der Waals surface area contributed by atoms with Crippen molar-refractivity contribution in [2.45, 2.75) is 32.1 Å². The Morgan fingerprint density at radius 1 is 1.02 bits per heavy atom. The fraction of sp³-hybridized carbons (Fsp3) is 0.250. The van der Waals surface area contributed by atoms with Crippen LogP contribution < -0.4 is 16.0 Å². The minimum atomic E-state index is 0.115. The SMILES string of the molecule is O=C(c1ccccc1)N1CCC[C@@H](C[C](=[Mn])Nc2ccc3cc2CCc2cccc(c2)Nc2ncc(Cl)c(n2)N3)C1. The van der Waals surface area contributed by atoms with Crippen molar-refractivity contribution in [3.8, 4) is 0 Å². The first-order chi connectivity index (χ1) is 20.0. The monoisotopic (exact) mass is 605 g/mol. The number of hydrogen-bond donors (Lipinski definition) is 3. The topological polar surface area (TPSA) is 82.2 Å². The molecule has 1 fully saturated rings. The van der Waals surface area contributed by atoms with E-state index in [1.54, 1.807) is 6.20 Å². The number of fused-ring (bicyclic) bond motifs is 6. The maximum absolute atomic E-state index is 13.0. The van der Waals surface area contributed by atoms with Crippen LogP contribution in [0.15, 0.2) is 79.0 Å². The van der Waals surface area contributed by atoms with E-state index in [0.29, 0.717) is 22.7 Å². The van der Waals surface area contributed by atoms with Crippen molar-refractivity contribution < 1.29 is 20.4 Å². The Bertz CT molecular complexity index is 1580. The standard InChI is InChI=1S/C32H31ClN6O.Mn/c33-28-20-35-32-37-26-10-4-6-22(18-26)11-12-25-19-27(36-30(28)38-32)13-14-29(25)34-16-15-23-7-5-17-39(21-23)31(40)24-8-2-1-3-9-24;/h1-4,6,8-10,13-14,18-20,23,34H,5,7,11-12,15,17,21H2,(H2,35,36,37,38);/t23-;/m0./s1. The summed E-state index contributed by atoms with van der Waals surface area (Å²) >= 11 is 10.3. The zero-order valence-corrected chi connectivity index (χ0v) is 24.5. The van der Waals surface area contributed by atoms with Gasteiger partial charge in [-0.15, -0.1) is 0 Å². The summed E-state index contributed by atoms with van der Waals surface area (Å²) in [5.74, 6) is 1.53. The second kappa shape index (κ2) is 12.4. The van der Waals surface area contributed by atoms with Crippen molar-refractivity contribution in [1.82, 2.24) is 14.9 Å². The van der Waals surface area contributed by atoms with E-state index in [4.69, 9.17) is 11.6 Å². The molecule has 6 bridgehead atoms. The summed E-state index contributed by atoms with van der Waals surface area (Å²) in [7, 11) is 0. The van der Waals surface area contributed by atoms with E-state index in [9.17, 15) is 4.79 Å². The van der Waals surface area contributed by atoms with Crippen molar-refractivity contribution in [1.29, 1.82) is 0 Å². The van der Waals surface area contributed by atoms with Crippen LogP contribution in [0.1, 0.15) is 40.7 Å². The second-order valence-corrected chi connectivity index (χ2v) is 11.7. The third-order valence-corrected chi connectivity index (χ3v) is 8.21. The summed E-state index contributed by atoms with van der Waals surface area (Å²) in [6.45, 7) is 1.56. The summed E-state index contributed by atoms with van der Waals surface area (Å²) in [6, 6.07) is 24.2. The van der Waals surface area contributed by atoms with Gasteiger partial charge in [0.15, 0.2) is 0 Å². The van der Waals surface area contributed by atoms with Crippen LogP contribution in [0.2, 0.25) is 5.02 Å². The number of nitrogens with zero attached hydrogens (tertiary/aromatic N) is 3. The normalized spacial score (nSPS) is 16.2. The molecule has 0 unspecified atom stereocenters. The van der Waals surface area contributed by atoms with Gasteiger partial charge < -0.3 is 0 Å². The number of benzene rings is 3. The summed E-state index contributed by atoms with van der Waals surface area (Å²) in [5.41, 5.74) is 6.04. The molecule has 0 aliphatic carbocycles. The number of likely N-dealkylation sites (tertiary alicyclic amines) is 1.